The van der Waals surface area contributed by atoms with Gasteiger partial charge in [0.15, 0.2) is 0 Å². The van der Waals surface area contributed by atoms with Crippen LogP contribution in [-0.4, -0.2) is 75.8 Å². The second-order valence-corrected chi connectivity index (χ2v) is 13.0. The van der Waals surface area contributed by atoms with Gasteiger partial charge >= 0.3 is 0 Å². The molecule has 4 heterocycles. The SMILES string of the molecule is CN(CC(CCN1CCC(Nc2nc3ccccc3n2Cc2ccccn2)CC1)C1=COC(Cc2ccccc2)O1)C(=O)c1ccccc1. The van der Waals surface area contributed by atoms with Crippen LogP contribution >= 0.6 is 0 Å². The van der Waals surface area contributed by atoms with Crippen LogP contribution in [0.25, 0.3) is 11.0 Å². The Labute approximate surface area is 288 Å². The van der Waals surface area contributed by atoms with Crippen LogP contribution in [0.2, 0.25) is 0 Å². The number of rotatable bonds is 13. The van der Waals surface area contributed by atoms with Crippen LogP contribution in [0.4, 0.5) is 5.95 Å². The Morgan fingerprint density at radius 1 is 0.939 bits per heavy atom. The highest BCUT2D eigenvalue weighted by Gasteiger charge is 2.30. The van der Waals surface area contributed by atoms with Crippen LogP contribution < -0.4 is 5.32 Å². The maximum Gasteiger partial charge on any atom is 0.253 e. The minimum atomic E-state index is -0.362. The van der Waals surface area contributed by atoms with E-state index in [1.807, 2.05) is 84.9 Å². The van der Waals surface area contributed by atoms with E-state index in [-0.39, 0.29) is 18.1 Å². The predicted molar refractivity (Wildman–Crippen MR) is 192 cm³/mol. The molecule has 1 N–H and O–H groups in total. The zero-order valence-corrected chi connectivity index (χ0v) is 28.0. The number of para-hydroxylation sites is 2. The van der Waals surface area contributed by atoms with E-state index < -0.39 is 0 Å². The fraction of sp³-hybridized carbons (Fsp3) is 0.325. The Hall–Kier alpha value is -5.15. The van der Waals surface area contributed by atoms with Crippen LogP contribution in [0.5, 0.6) is 0 Å². The molecule has 1 amide bonds. The van der Waals surface area contributed by atoms with Crippen molar-refractivity contribution < 1.29 is 14.3 Å². The molecule has 0 spiro atoms. The maximum absolute atomic E-state index is 13.3. The quantitative estimate of drug-likeness (QED) is 0.153. The monoisotopic (exact) mass is 656 g/mol. The summed E-state index contributed by atoms with van der Waals surface area (Å²) < 4.78 is 14.6. The molecule has 2 aliphatic heterocycles. The second-order valence-electron chi connectivity index (χ2n) is 13.0. The van der Waals surface area contributed by atoms with Crippen LogP contribution in [0.1, 0.15) is 40.9 Å². The number of ether oxygens (including phenoxy) is 2. The first-order valence-electron chi connectivity index (χ1n) is 17.3. The van der Waals surface area contributed by atoms with Gasteiger partial charge in [-0.25, -0.2) is 4.98 Å². The number of hydrogen-bond acceptors (Lipinski definition) is 7. The van der Waals surface area contributed by atoms with E-state index in [1.54, 1.807) is 6.26 Å². The molecule has 9 heteroatoms. The van der Waals surface area contributed by atoms with E-state index in [9.17, 15) is 4.79 Å². The van der Waals surface area contributed by atoms with Crippen molar-refractivity contribution in [1.29, 1.82) is 0 Å². The highest BCUT2D eigenvalue weighted by molar-refractivity contribution is 5.94. The largest absolute Gasteiger partial charge is 0.459 e. The molecule has 0 radical (unpaired) electrons. The van der Waals surface area contributed by atoms with Gasteiger partial charge in [0.25, 0.3) is 5.91 Å². The van der Waals surface area contributed by atoms with Gasteiger partial charge in [-0.05, 0) is 67.8 Å². The Morgan fingerprint density at radius 3 is 2.45 bits per heavy atom. The number of nitrogens with one attached hydrogen (secondary N) is 1. The number of anilines is 1. The number of nitrogens with zero attached hydrogens (tertiary/aromatic N) is 5. The number of imidazole rings is 1. The summed E-state index contributed by atoms with van der Waals surface area (Å²) in [6.07, 6.45) is 6.81. The summed E-state index contributed by atoms with van der Waals surface area (Å²) in [5.74, 6) is 1.73. The first-order chi connectivity index (χ1) is 24.1. The molecule has 9 nitrogen and oxygen atoms in total. The number of carbonyl (C=O) groups excluding carboxylic acids is 1. The lowest BCUT2D eigenvalue weighted by molar-refractivity contribution is -0.0377. The molecule has 0 bridgehead atoms. The summed E-state index contributed by atoms with van der Waals surface area (Å²) >= 11 is 0. The molecule has 2 aromatic heterocycles. The van der Waals surface area contributed by atoms with Crippen molar-refractivity contribution >= 4 is 22.9 Å². The van der Waals surface area contributed by atoms with E-state index >= 15 is 0 Å². The zero-order valence-electron chi connectivity index (χ0n) is 28.0. The minimum absolute atomic E-state index is 0.00640. The van der Waals surface area contributed by atoms with Gasteiger partial charge in [0.2, 0.25) is 12.2 Å². The van der Waals surface area contributed by atoms with Crippen LogP contribution in [0.3, 0.4) is 0 Å². The molecule has 252 valence electrons. The number of pyridine rings is 1. The molecule has 2 atom stereocenters. The first-order valence-corrected chi connectivity index (χ1v) is 17.3. The Bertz CT molecular complexity index is 1840. The number of hydrogen-bond donors (Lipinski definition) is 1. The lowest BCUT2D eigenvalue weighted by Gasteiger charge is -2.34. The van der Waals surface area contributed by atoms with Crippen molar-refractivity contribution in [2.45, 2.75) is 44.6 Å². The fourth-order valence-electron chi connectivity index (χ4n) is 6.80. The lowest BCUT2D eigenvalue weighted by atomic mass is 10.00. The summed E-state index contributed by atoms with van der Waals surface area (Å²) in [6.45, 7) is 4.09. The van der Waals surface area contributed by atoms with Gasteiger partial charge in [-0.3, -0.25) is 9.78 Å². The molecule has 5 aromatic rings. The van der Waals surface area contributed by atoms with Gasteiger partial charge in [0.05, 0.1) is 23.3 Å². The minimum Gasteiger partial charge on any atom is -0.459 e. The average Bonchev–Trinajstić information content (AvgIpc) is 3.75. The molecule has 0 aliphatic carbocycles. The summed E-state index contributed by atoms with van der Waals surface area (Å²) in [5.41, 5.74) is 4.95. The molecule has 1 saturated heterocycles. The molecule has 2 unspecified atom stereocenters. The number of benzene rings is 3. The zero-order chi connectivity index (χ0) is 33.4. The summed E-state index contributed by atoms with van der Waals surface area (Å²) in [4.78, 5) is 27.1. The molecule has 2 aliphatic rings. The topological polar surface area (TPSA) is 84.8 Å². The fourth-order valence-corrected chi connectivity index (χ4v) is 6.80. The van der Waals surface area contributed by atoms with Gasteiger partial charge in [-0.15, -0.1) is 0 Å². The van der Waals surface area contributed by atoms with E-state index in [0.717, 1.165) is 67.3 Å². The number of likely N-dealkylation sites (tertiary alicyclic amines) is 1. The Morgan fingerprint density at radius 2 is 1.67 bits per heavy atom. The third kappa shape index (κ3) is 8.12. The first kappa shape index (κ1) is 32.4. The van der Waals surface area contributed by atoms with Gasteiger partial charge in [0.1, 0.15) is 12.0 Å². The van der Waals surface area contributed by atoms with Crippen molar-refractivity contribution in [3.05, 3.63) is 138 Å². The number of carbonyl (C=O) groups is 1. The molecular weight excluding hydrogens is 612 g/mol. The normalized spacial score (nSPS) is 17.2. The Balaban J connectivity index is 0.973. The van der Waals surface area contributed by atoms with Crippen LogP contribution in [0, 0.1) is 5.92 Å². The van der Waals surface area contributed by atoms with E-state index in [2.05, 4.69) is 56.2 Å². The standard InChI is InChI=1S/C40H44N6O3/c1-44(39(47)31-14-6-3-7-15-31)27-32(37-29-48-38(49-37)26-30-12-4-2-5-13-30)19-23-45-24-20-33(21-25-45)42-40-43-35-17-8-9-18-36(35)46(40)28-34-16-10-11-22-41-34/h2-18,22,29,32-33,38H,19-21,23-28H2,1H3,(H,42,43). The highest BCUT2D eigenvalue weighted by Crippen LogP contribution is 2.29. The molecule has 0 saturated carbocycles. The molecule has 49 heavy (non-hydrogen) atoms. The van der Waals surface area contributed by atoms with Crippen molar-refractivity contribution in [3.8, 4) is 0 Å². The van der Waals surface area contributed by atoms with Crippen molar-refractivity contribution in [2.75, 3.05) is 38.5 Å². The number of amides is 1. The third-order valence-electron chi connectivity index (χ3n) is 9.53. The van der Waals surface area contributed by atoms with Gasteiger partial charge < -0.3 is 29.2 Å². The smallest absolute Gasteiger partial charge is 0.253 e. The van der Waals surface area contributed by atoms with Gasteiger partial charge in [-0.2, -0.15) is 0 Å². The summed E-state index contributed by atoms with van der Waals surface area (Å²) in [5, 5.41) is 3.78. The summed E-state index contributed by atoms with van der Waals surface area (Å²) in [7, 11) is 1.87. The average molecular weight is 657 g/mol. The van der Waals surface area contributed by atoms with E-state index in [0.29, 0.717) is 31.1 Å². The van der Waals surface area contributed by atoms with E-state index in [4.69, 9.17) is 14.5 Å². The van der Waals surface area contributed by atoms with Gasteiger partial charge in [0, 0.05) is 56.8 Å². The van der Waals surface area contributed by atoms with Crippen LogP contribution in [0.15, 0.2) is 121 Å². The number of piperidine rings is 1. The van der Waals surface area contributed by atoms with Crippen molar-refractivity contribution in [1.82, 2.24) is 24.3 Å². The third-order valence-corrected chi connectivity index (χ3v) is 9.53. The highest BCUT2D eigenvalue weighted by atomic mass is 16.7. The van der Waals surface area contributed by atoms with Gasteiger partial charge in [-0.1, -0.05) is 66.7 Å². The summed E-state index contributed by atoms with van der Waals surface area (Å²) in [6, 6.07) is 34.4. The van der Waals surface area contributed by atoms with E-state index in [1.165, 1.54) is 5.56 Å². The van der Waals surface area contributed by atoms with Crippen molar-refractivity contribution in [2.24, 2.45) is 5.92 Å². The number of aromatic nitrogens is 3. The molecule has 1 fully saturated rings. The second kappa shape index (κ2) is 15.4. The Kier molecular flexibility index (Phi) is 10.2. The molecule has 7 rings (SSSR count). The maximum atomic E-state index is 13.3. The molecule has 3 aromatic carbocycles. The lowest BCUT2D eigenvalue weighted by Crippen LogP contribution is -2.41. The predicted octanol–water partition coefficient (Wildman–Crippen LogP) is 6.59. The number of fused-ring (bicyclic) bond motifs is 1. The molecular formula is C40H44N6O3. The van der Waals surface area contributed by atoms with Crippen LogP contribution in [-0.2, 0) is 22.4 Å². The van der Waals surface area contributed by atoms with Crippen molar-refractivity contribution in [3.63, 3.8) is 0 Å².